The Morgan fingerprint density at radius 2 is 2.28 bits per heavy atom. The zero-order chi connectivity index (χ0) is 13.3. The molecule has 0 spiro atoms. The topological polar surface area (TPSA) is 73.6 Å². The molecule has 0 amide bonds. The molecular formula is C11H13N3O3S. The van der Waals surface area contributed by atoms with Crippen LogP contribution in [0, 0.1) is 12.8 Å². The van der Waals surface area contributed by atoms with E-state index in [1.54, 1.807) is 20.8 Å². The van der Waals surface area contributed by atoms with Crippen LogP contribution in [-0.4, -0.2) is 20.6 Å². The van der Waals surface area contributed by atoms with Crippen molar-refractivity contribution in [3.63, 3.8) is 0 Å². The van der Waals surface area contributed by atoms with E-state index in [0.717, 1.165) is 5.01 Å². The molecular weight excluding hydrogens is 254 g/mol. The number of nitrogens with zero attached hydrogens (tertiary/aromatic N) is 3. The third-order valence-electron chi connectivity index (χ3n) is 2.23. The van der Waals surface area contributed by atoms with Gasteiger partial charge in [-0.2, -0.15) is 9.61 Å². The quantitative estimate of drug-likeness (QED) is 0.780. The van der Waals surface area contributed by atoms with Crippen molar-refractivity contribution in [3.05, 3.63) is 27.1 Å². The first kappa shape index (κ1) is 12.7. The summed E-state index contributed by atoms with van der Waals surface area (Å²) in [5.74, 6) is -0.502. The van der Waals surface area contributed by atoms with Crippen LogP contribution in [0.4, 0.5) is 0 Å². The first-order valence-electron chi connectivity index (χ1n) is 5.50. The minimum Gasteiger partial charge on any atom is -0.459 e. The average molecular weight is 267 g/mol. The van der Waals surface area contributed by atoms with Crippen LogP contribution in [0.3, 0.4) is 0 Å². The number of ether oxygens (including phenoxy) is 1. The zero-order valence-corrected chi connectivity index (χ0v) is 11.2. The number of rotatable bonds is 3. The summed E-state index contributed by atoms with van der Waals surface area (Å²) in [5, 5.41) is 4.79. The van der Waals surface area contributed by atoms with Gasteiger partial charge >= 0.3 is 5.97 Å². The van der Waals surface area contributed by atoms with E-state index in [4.69, 9.17) is 4.74 Å². The monoisotopic (exact) mass is 267 g/mol. The summed E-state index contributed by atoms with van der Waals surface area (Å²) in [6, 6.07) is 1.33. The van der Waals surface area contributed by atoms with Crippen LogP contribution in [0.2, 0.25) is 0 Å². The van der Waals surface area contributed by atoms with Crippen molar-refractivity contribution in [2.45, 2.75) is 27.4 Å². The van der Waals surface area contributed by atoms with Crippen LogP contribution in [0.5, 0.6) is 0 Å². The van der Waals surface area contributed by atoms with Crippen molar-refractivity contribution in [1.29, 1.82) is 0 Å². The second-order valence-corrected chi connectivity index (χ2v) is 5.32. The van der Waals surface area contributed by atoms with Crippen LogP contribution in [0.15, 0.2) is 10.9 Å². The highest BCUT2D eigenvalue weighted by Crippen LogP contribution is 2.10. The van der Waals surface area contributed by atoms with E-state index < -0.39 is 0 Å². The molecule has 7 heteroatoms. The molecule has 0 bridgehead atoms. The van der Waals surface area contributed by atoms with Crippen LogP contribution < -0.4 is 5.56 Å². The number of hydrogen-bond acceptors (Lipinski definition) is 6. The standard InChI is InChI=1S/C11H13N3O3S/c1-6(2)10(16)17-5-8-4-9(15)14-11(12-8)18-7(3)13-14/h4,6H,5H2,1-3H3. The van der Waals surface area contributed by atoms with Gasteiger partial charge in [-0.1, -0.05) is 25.2 Å². The van der Waals surface area contributed by atoms with Gasteiger partial charge in [0.05, 0.1) is 11.6 Å². The first-order chi connectivity index (χ1) is 8.47. The summed E-state index contributed by atoms with van der Waals surface area (Å²) in [5.41, 5.74) is 0.178. The lowest BCUT2D eigenvalue weighted by Crippen LogP contribution is -2.17. The van der Waals surface area contributed by atoms with Crippen molar-refractivity contribution >= 4 is 22.3 Å². The summed E-state index contributed by atoms with van der Waals surface area (Å²) in [6.07, 6.45) is 0. The lowest BCUT2D eigenvalue weighted by molar-refractivity contribution is -0.148. The molecule has 2 rings (SSSR count). The second kappa shape index (κ2) is 4.85. The smallest absolute Gasteiger partial charge is 0.308 e. The predicted molar refractivity (Wildman–Crippen MR) is 66.5 cm³/mol. The normalized spacial score (nSPS) is 11.1. The maximum absolute atomic E-state index is 11.7. The molecule has 0 aliphatic carbocycles. The van der Waals surface area contributed by atoms with E-state index in [1.165, 1.54) is 21.9 Å². The number of carbonyl (C=O) groups is 1. The van der Waals surface area contributed by atoms with Crippen LogP contribution in [-0.2, 0) is 16.1 Å². The minimum atomic E-state index is -0.308. The molecule has 0 aliphatic rings. The maximum atomic E-state index is 11.7. The molecule has 0 saturated carbocycles. The Morgan fingerprint density at radius 3 is 2.94 bits per heavy atom. The molecule has 0 unspecified atom stereocenters. The lowest BCUT2D eigenvalue weighted by atomic mass is 10.2. The van der Waals surface area contributed by atoms with Crippen LogP contribution in [0.25, 0.3) is 4.96 Å². The summed E-state index contributed by atoms with van der Waals surface area (Å²) in [4.78, 5) is 27.8. The number of aryl methyl sites for hydroxylation is 1. The molecule has 2 aromatic heterocycles. The molecule has 0 radical (unpaired) electrons. The maximum Gasteiger partial charge on any atom is 0.308 e. The molecule has 96 valence electrons. The largest absolute Gasteiger partial charge is 0.459 e. The number of fused-ring (bicyclic) bond motifs is 1. The fraction of sp³-hybridized carbons (Fsp3) is 0.455. The van der Waals surface area contributed by atoms with Crippen LogP contribution in [0.1, 0.15) is 24.5 Å². The van der Waals surface area contributed by atoms with Gasteiger partial charge < -0.3 is 4.74 Å². The van der Waals surface area contributed by atoms with Gasteiger partial charge in [0, 0.05) is 6.07 Å². The first-order valence-corrected chi connectivity index (χ1v) is 6.32. The highest BCUT2D eigenvalue weighted by molar-refractivity contribution is 7.16. The molecule has 6 nitrogen and oxygen atoms in total. The molecule has 0 aromatic carbocycles. The molecule has 18 heavy (non-hydrogen) atoms. The van der Waals surface area contributed by atoms with Gasteiger partial charge in [-0.25, -0.2) is 4.98 Å². The molecule has 0 saturated heterocycles. The van der Waals surface area contributed by atoms with E-state index in [-0.39, 0.29) is 24.1 Å². The number of esters is 1. The average Bonchev–Trinajstić information content (AvgIpc) is 2.67. The summed E-state index contributed by atoms with van der Waals surface area (Å²) in [6.45, 7) is 5.32. The third-order valence-corrected chi connectivity index (χ3v) is 3.06. The van der Waals surface area contributed by atoms with Gasteiger partial charge in [-0.05, 0) is 6.92 Å². The second-order valence-electron chi connectivity index (χ2n) is 4.16. The fourth-order valence-corrected chi connectivity index (χ4v) is 2.10. The number of carbonyl (C=O) groups excluding carboxylic acids is 1. The fourth-order valence-electron chi connectivity index (χ4n) is 1.34. The Kier molecular flexibility index (Phi) is 3.42. The van der Waals surface area contributed by atoms with E-state index in [1.807, 2.05) is 0 Å². The molecule has 0 N–H and O–H groups in total. The van der Waals surface area contributed by atoms with Crippen LogP contribution >= 0.6 is 11.3 Å². The van der Waals surface area contributed by atoms with Gasteiger partial charge in [0.15, 0.2) is 0 Å². The Morgan fingerprint density at radius 1 is 1.56 bits per heavy atom. The van der Waals surface area contributed by atoms with E-state index >= 15 is 0 Å². The molecule has 0 atom stereocenters. The Labute approximate surface area is 107 Å². The van der Waals surface area contributed by atoms with Crippen molar-refractivity contribution in [2.24, 2.45) is 5.92 Å². The van der Waals surface area contributed by atoms with Crippen molar-refractivity contribution < 1.29 is 9.53 Å². The molecule has 2 aromatic rings. The van der Waals surface area contributed by atoms with E-state index in [0.29, 0.717) is 10.7 Å². The molecule has 2 heterocycles. The predicted octanol–water partition coefficient (Wildman–Crippen LogP) is 1.16. The highest BCUT2D eigenvalue weighted by Gasteiger charge is 2.11. The van der Waals surface area contributed by atoms with Gasteiger partial charge in [0.1, 0.15) is 11.6 Å². The van der Waals surface area contributed by atoms with Gasteiger partial charge in [-0.3, -0.25) is 9.59 Å². The van der Waals surface area contributed by atoms with Gasteiger partial charge in [0.25, 0.3) is 5.56 Å². The van der Waals surface area contributed by atoms with Crippen molar-refractivity contribution in [3.8, 4) is 0 Å². The summed E-state index contributed by atoms with van der Waals surface area (Å²) >= 11 is 1.32. The summed E-state index contributed by atoms with van der Waals surface area (Å²) in [7, 11) is 0. The number of aromatic nitrogens is 3. The van der Waals surface area contributed by atoms with Crippen molar-refractivity contribution in [1.82, 2.24) is 14.6 Å². The number of hydrogen-bond donors (Lipinski definition) is 0. The van der Waals surface area contributed by atoms with E-state index in [2.05, 4.69) is 10.1 Å². The minimum absolute atomic E-state index is 0.0136. The highest BCUT2D eigenvalue weighted by atomic mass is 32.1. The SMILES string of the molecule is Cc1nn2c(=O)cc(COC(=O)C(C)C)nc2s1. The lowest BCUT2D eigenvalue weighted by Gasteiger charge is -2.05. The Hall–Kier alpha value is -1.76. The van der Waals surface area contributed by atoms with Gasteiger partial charge in [-0.15, -0.1) is 0 Å². The summed E-state index contributed by atoms with van der Waals surface area (Å²) < 4.78 is 6.28. The van der Waals surface area contributed by atoms with E-state index in [9.17, 15) is 9.59 Å². The van der Waals surface area contributed by atoms with Crippen molar-refractivity contribution in [2.75, 3.05) is 0 Å². The Bertz CT molecular complexity index is 645. The zero-order valence-electron chi connectivity index (χ0n) is 10.3. The molecule has 0 aliphatic heterocycles. The third kappa shape index (κ3) is 2.56. The Balaban J connectivity index is 2.24. The van der Waals surface area contributed by atoms with Gasteiger partial charge in [0.2, 0.25) is 4.96 Å². The molecule has 0 fully saturated rings.